The number of benzene rings is 1. The number of carbonyl (C=O) groups excluding carboxylic acids is 1. The van der Waals surface area contributed by atoms with Crippen LogP contribution < -0.4 is 10.1 Å². The van der Waals surface area contributed by atoms with Crippen molar-refractivity contribution in [2.75, 3.05) is 5.32 Å². The first-order valence-electron chi connectivity index (χ1n) is 8.17. The number of rotatable bonds is 3. The van der Waals surface area contributed by atoms with Gasteiger partial charge in [0.25, 0.3) is 0 Å². The van der Waals surface area contributed by atoms with E-state index in [0.717, 1.165) is 22.5 Å². The van der Waals surface area contributed by atoms with Crippen LogP contribution in [0.5, 0.6) is 11.6 Å². The Morgan fingerprint density at radius 2 is 1.96 bits per heavy atom. The number of nitrogens with one attached hydrogen (secondary N) is 1. The standard InChI is InChI=1S/C18H17ClN4O3/c1-9-16(13-8-14(24)20-17-15(13)10(2)22-26-17)18(23(3)21-9)25-12-6-4-11(19)5-7-12/h4-7,13H,8H2,1-3H3,(H,20,24)/t13-/m0/s1. The van der Waals surface area contributed by atoms with E-state index in [9.17, 15) is 4.79 Å². The summed E-state index contributed by atoms with van der Waals surface area (Å²) < 4.78 is 13.0. The third kappa shape index (κ3) is 2.74. The zero-order valence-electron chi connectivity index (χ0n) is 14.5. The van der Waals surface area contributed by atoms with E-state index < -0.39 is 0 Å². The summed E-state index contributed by atoms with van der Waals surface area (Å²) >= 11 is 5.95. The van der Waals surface area contributed by atoms with Crippen molar-refractivity contribution >= 4 is 23.4 Å². The highest BCUT2D eigenvalue weighted by Crippen LogP contribution is 2.44. The summed E-state index contributed by atoms with van der Waals surface area (Å²) in [5.74, 6) is 1.25. The molecule has 0 spiro atoms. The average Bonchev–Trinajstić information content (AvgIpc) is 3.09. The Kier molecular flexibility index (Phi) is 3.96. The fraction of sp³-hybridized carbons (Fsp3) is 0.278. The molecule has 0 radical (unpaired) electrons. The second-order valence-corrected chi connectivity index (χ2v) is 6.74. The van der Waals surface area contributed by atoms with E-state index in [4.69, 9.17) is 20.9 Å². The van der Waals surface area contributed by atoms with Gasteiger partial charge in [-0.1, -0.05) is 16.8 Å². The molecule has 4 rings (SSSR count). The van der Waals surface area contributed by atoms with Gasteiger partial charge in [0.2, 0.25) is 17.7 Å². The van der Waals surface area contributed by atoms with Crippen LogP contribution in [0.2, 0.25) is 5.02 Å². The van der Waals surface area contributed by atoms with Gasteiger partial charge in [-0.25, -0.2) is 4.68 Å². The van der Waals surface area contributed by atoms with Crippen LogP contribution in [-0.2, 0) is 11.8 Å². The van der Waals surface area contributed by atoms with Crippen LogP contribution in [-0.4, -0.2) is 20.8 Å². The molecule has 2 aromatic heterocycles. The van der Waals surface area contributed by atoms with E-state index in [0.29, 0.717) is 22.5 Å². The van der Waals surface area contributed by atoms with Gasteiger partial charge < -0.3 is 9.26 Å². The van der Waals surface area contributed by atoms with E-state index in [1.54, 1.807) is 28.9 Å². The molecule has 1 aromatic carbocycles. The van der Waals surface area contributed by atoms with Gasteiger partial charge in [0.05, 0.1) is 11.4 Å². The zero-order chi connectivity index (χ0) is 18.4. The number of anilines is 1. The fourth-order valence-electron chi connectivity index (χ4n) is 3.38. The van der Waals surface area contributed by atoms with Gasteiger partial charge in [-0.3, -0.25) is 10.1 Å². The van der Waals surface area contributed by atoms with E-state index in [1.807, 2.05) is 20.9 Å². The molecule has 1 aliphatic heterocycles. The summed E-state index contributed by atoms with van der Waals surface area (Å²) in [6.07, 6.45) is 0.276. The maximum absolute atomic E-state index is 12.2. The number of hydrogen-bond donors (Lipinski definition) is 1. The second-order valence-electron chi connectivity index (χ2n) is 6.30. The number of fused-ring (bicyclic) bond motifs is 1. The molecule has 3 aromatic rings. The minimum Gasteiger partial charge on any atom is -0.439 e. The van der Waals surface area contributed by atoms with Crippen molar-refractivity contribution < 1.29 is 14.1 Å². The van der Waals surface area contributed by atoms with Gasteiger partial charge >= 0.3 is 0 Å². The number of hydrogen-bond acceptors (Lipinski definition) is 5. The van der Waals surface area contributed by atoms with Crippen LogP contribution in [0.4, 0.5) is 5.88 Å². The smallest absolute Gasteiger partial charge is 0.235 e. The maximum Gasteiger partial charge on any atom is 0.235 e. The van der Waals surface area contributed by atoms with E-state index in [-0.39, 0.29) is 18.2 Å². The molecule has 3 heterocycles. The van der Waals surface area contributed by atoms with E-state index in [2.05, 4.69) is 15.6 Å². The molecular weight excluding hydrogens is 356 g/mol. The predicted octanol–water partition coefficient (Wildman–Crippen LogP) is 3.94. The monoisotopic (exact) mass is 372 g/mol. The average molecular weight is 373 g/mol. The summed E-state index contributed by atoms with van der Waals surface area (Å²) in [5.41, 5.74) is 3.25. The molecule has 1 aliphatic rings. The molecule has 0 unspecified atom stereocenters. The van der Waals surface area contributed by atoms with Crippen LogP contribution in [0.15, 0.2) is 28.8 Å². The Labute approximate surface area is 154 Å². The van der Waals surface area contributed by atoms with Crippen LogP contribution >= 0.6 is 11.6 Å². The lowest BCUT2D eigenvalue weighted by molar-refractivity contribution is -0.116. The maximum atomic E-state index is 12.2. The van der Waals surface area contributed by atoms with Gasteiger partial charge in [0, 0.05) is 35.5 Å². The highest BCUT2D eigenvalue weighted by atomic mass is 35.5. The summed E-state index contributed by atoms with van der Waals surface area (Å²) in [7, 11) is 1.81. The van der Waals surface area contributed by atoms with E-state index >= 15 is 0 Å². The highest BCUT2D eigenvalue weighted by molar-refractivity contribution is 6.30. The molecule has 0 fully saturated rings. The van der Waals surface area contributed by atoms with Crippen LogP contribution in [0, 0.1) is 13.8 Å². The number of aryl methyl sites for hydroxylation is 3. The largest absolute Gasteiger partial charge is 0.439 e. The molecule has 134 valence electrons. The van der Waals surface area contributed by atoms with Crippen molar-refractivity contribution in [1.82, 2.24) is 14.9 Å². The van der Waals surface area contributed by atoms with Crippen molar-refractivity contribution in [3.63, 3.8) is 0 Å². The number of amides is 1. The Morgan fingerprint density at radius 3 is 2.69 bits per heavy atom. The first kappa shape index (κ1) is 16.7. The van der Waals surface area contributed by atoms with Gasteiger partial charge in [0.15, 0.2) is 0 Å². The predicted molar refractivity (Wildman–Crippen MR) is 95.8 cm³/mol. The molecule has 1 N–H and O–H groups in total. The SMILES string of the molecule is Cc1noc2c1[C@@H](c1c(C)nn(C)c1Oc1ccc(Cl)cc1)CC(=O)N2. The first-order chi connectivity index (χ1) is 12.4. The molecule has 0 saturated heterocycles. The van der Waals surface area contributed by atoms with Crippen molar-refractivity contribution in [1.29, 1.82) is 0 Å². The van der Waals surface area contributed by atoms with Crippen LogP contribution in [0.3, 0.4) is 0 Å². The lowest BCUT2D eigenvalue weighted by Gasteiger charge is -2.22. The summed E-state index contributed by atoms with van der Waals surface area (Å²) in [5, 5.41) is 11.9. The molecule has 0 saturated carbocycles. The Balaban J connectivity index is 1.81. The zero-order valence-corrected chi connectivity index (χ0v) is 15.3. The fourth-order valence-corrected chi connectivity index (χ4v) is 3.50. The summed E-state index contributed by atoms with van der Waals surface area (Å²) in [4.78, 5) is 12.2. The van der Waals surface area contributed by atoms with Gasteiger partial charge in [-0.15, -0.1) is 0 Å². The van der Waals surface area contributed by atoms with Gasteiger partial charge in [0.1, 0.15) is 5.75 Å². The normalized spacial score (nSPS) is 16.3. The molecule has 26 heavy (non-hydrogen) atoms. The number of carbonyl (C=O) groups is 1. The molecule has 1 atom stereocenters. The number of halogens is 1. The minimum atomic E-state index is -0.235. The van der Waals surface area contributed by atoms with Crippen molar-refractivity contribution in [3.05, 3.63) is 51.8 Å². The molecule has 8 heteroatoms. The third-order valence-electron chi connectivity index (χ3n) is 4.49. The molecule has 0 aliphatic carbocycles. The molecular formula is C18H17ClN4O3. The first-order valence-corrected chi connectivity index (χ1v) is 8.54. The number of nitrogens with zero attached hydrogens (tertiary/aromatic N) is 3. The Hall–Kier alpha value is -2.80. The Morgan fingerprint density at radius 1 is 1.23 bits per heavy atom. The minimum absolute atomic E-state index is 0.126. The summed E-state index contributed by atoms with van der Waals surface area (Å²) in [6, 6.07) is 7.10. The summed E-state index contributed by atoms with van der Waals surface area (Å²) in [6.45, 7) is 3.76. The third-order valence-corrected chi connectivity index (χ3v) is 4.74. The van der Waals surface area contributed by atoms with E-state index in [1.165, 1.54) is 0 Å². The quantitative estimate of drug-likeness (QED) is 0.752. The van der Waals surface area contributed by atoms with Crippen molar-refractivity contribution in [3.8, 4) is 11.6 Å². The highest BCUT2D eigenvalue weighted by Gasteiger charge is 2.36. The van der Waals surface area contributed by atoms with Crippen molar-refractivity contribution in [2.24, 2.45) is 7.05 Å². The second kappa shape index (κ2) is 6.17. The molecule has 0 bridgehead atoms. The van der Waals surface area contributed by atoms with Crippen molar-refractivity contribution in [2.45, 2.75) is 26.2 Å². The molecule has 1 amide bonds. The Bertz CT molecular complexity index is 991. The lowest BCUT2D eigenvalue weighted by Crippen LogP contribution is -2.23. The topological polar surface area (TPSA) is 82.2 Å². The van der Waals surface area contributed by atoms with Crippen LogP contribution in [0.1, 0.15) is 34.9 Å². The van der Waals surface area contributed by atoms with Gasteiger partial charge in [-0.2, -0.15) is 5.10 Å². The van der Waals surface area contributed by atoms with Crippen LogP contribution in [0.25, 0.3) is 0 Å². The number of aromatic nitrogens is 3. The molecule has 7 nitrogen and oxygen atoms in total. The van der Waals surface area contributed by atoms with Gasteiger partial charge in [-0.05, 0) is 38.1 Å². The number of ether oxygens (including phenoxy) is 1. The lowest BCUT2D eigenvalue weighted by atomic mass is 9.86.